The summed E-state index contributed by atoms with van der Waals surface area (Å²) in [5.41, 5.74) is 2.66. The van der Waals surface area contributed by atoms with Crippen molar-refractivity contribution in [3.05, 3.63) is 0 Å². The van der Waals surface area contributed by atoms with Gasteiger partial charge < -0.3 is 4.74 Å². The minimum atomic E-state index is 0.741. The maximum absolute atomic E-state index is 5.31. The summed E-state index contributed by atoms with van der Waals surface area (Å²) in [5, 5.41) is 0. The molecule has 0 bridgehead atoms. The van der Waals surface area contributed by atoms with E-state index in [0.717, 1.165) is 32.1 Å². The van der Waals surface area contributed by atoms with Crippen LogP contribution in [-0.2, 0) is 4.74 Å². The summed E-state index contributed by atoms with van der Waals surface area (Å²) in [6.45, 7) is 2.79. The van der Waals surface area contributed by atoms with Crippen LogP contribution in [0.1, 0.15) is 19.3 Å². The minimum absolute atomic E-state index is 0.741. The zero-order valence-electron chi connectivity index (χ0n) is 6.31. The highest BCUT2D eigenvalue weighted by Gasteiger charge is 2.12. The molecular formula is C7H16N2O. The standard InChI is InChI=1S/C7H16N2O/c8-9-4-3-7-2-1-5-10-6-7/h7,9H,1-6,8H2. The molecule has 0 amide bonds. The summed E-state index contributed by atoms with van der Waals surface area (Å²) < 4.78 is 5.31. The van der Waals surface area contributed by atoms with Crippen LogP contribution in [0.25, 0.3) is 0 Å². The Bertz CT molecular complexity index is 81.7. The van der Waals surface area contributed by atoms with Crippen molar-refractivity contribution < 1.29 is 4.74 Å². The van der Waals surface area contributed by atoms with Crippen LogP contribution in [0.4, 0.5) is 0 Å². The average molecular weight is 144 g/mol. The van der Waals surface area contributed by atoms with E-state index in [4.69, 9.17) is 10.6 Å². The molecular weight excluding hydrogens is 128 g/mol. The van der Waals surface area contributed by atoms with Crippen LogP contribution in [0.2, 0.25) is 0 Å². The third-order valence-electron chi connectivity index (χ3n) is 1.95. The molecule has 0 radical (unpaired) electrons. The van der Waals surface area contributed by atoms with Crippen LogP contribution in [0.15, 0.2) is 0 Å². The first-order valence-electron chi connectivity index (χ1n) is 3.94. The van der Waals surface area contributed by atoms with Gasteiger partial charge in [0.15, 0.2) is 0 Å². The summed E-state index contributed by atoms with van der Waals surface area (Å²) in [7, 11) is 0. The molecule has 0 aromatic carbocycles. The van der Waals surface area contributed by atoms with Gasteiger partial charge in [0.25, 0.3) is 0 Å². The Morgan fingerprint density at radius 3 is 3.10 bits per heavy atom. The highest BCUT2D eigenvalue weighted by Crippen LogP contribution is 2.15. The second kappa shape index (κ2) is 4.66. The van der Waals surface area contributed by atoms with E-state index in [-0.39, 0.29) is 0 Å². The van der Waals surface area contributed by atoms with Crippen LogP contribution in [0.3, 0.4) is 0 Å². The van der Waals surface area contributed by atoms with Crippen LogP contribution in [-0.4, -0.2) is 19.8 Å². The lowest BCUT2D eigenvalue weighted by Gasteiger charge is -2.21. The van der Waals surface area contributed by atoms with E-state index in [1.165, 1.54) is 12.8 Å². The number of rotatable bonds is 3. The molecule has 0 aromatic rings. The van der Waals surface area contributed by atoms with Crippen molar-refractivity contribution in [1.29, 1.82) is 0 Å². The molecule has 1 aliphatic rings. The molecule has 1 unspecified atom stereocenters. The van der Waals surface area contributed by atoms with Crippen LogP contribution < -0.4 is 11.3 Å². The lowest BCUT2D eigenvalue weighted by Crippen LogP contribution is -2.27. The number of hydrogen-bond acceptors (Lipinski definition) is 3. The van der Waals surface area contributed by atoms with Gasteiger partial charge in [-0.3, -0.25) is 11.3 Å². The molecule has 3 nitrogen and oxygen atoms in total. The maximum Gasteiger partial charge on any atom is 0.0494 e. The Morgan fingerprint density at radius 1 is 1.60 bits per heavy atom. The van der Waals surface area contributed by atoms with Gasteiger partial charge >= 0.3 is 0 Å². The second-order valence-corrected chi connectivity index (χ2v) is 2.83. The van der Waals surface area contributed by atoms with Crippen LogP contribution >= 0.6 is 0 Å². The van der Waals surface area contributed by atoms with E-state index in [0.29, 0.717) is 0 Å². The van der Waals surface area contributed by atoms with Crippen LogP contribution in [0.5, 0.6) is 0 Å². The lowest BCUT2D eigenvalue weighted by molar-refractivity contribution is 0.0518. The first kappa shape index (κ1) is 7.98. The van der Waals surface area contributed by atoms with Crippen molar-refractivity contribution >= 4 is 0 Å². The van der Waals surface area contributed by atoms with Gasteiger partial charge in [-0.15, -0.1) is 0 Å². The third kappa shape index (κ3) is 2.64. The number of nitrogens with two attached hydrogens (primary N) is 1. The highest BCUT2D eigenvalue weighted by atomic mass is 16.5. The summed E-state index contributed by atoms with van der Waals surface area (Å²) >= 11 is 0. The largest absolute Gasteiger partial charge is 0.381 e. The Hall–Kier alpha value is -0.120. The molecule has 3 heteroatoms. The van der Waals surface area contributed by atoms with Crippen molar-refractivity contribution in [3.8, 4) is 0 Å². The molecule has 10 heavy (non-hydrogen) atoms. The van der Waals surface area contributed by atoms with Crippen molar-refractivity contribution in [3.63, 3.8) is 0 Å². The summed E-state index contributed by atoms with van der Waals surface area (Å²) in [6, 6.07) is 0. The van der Waals surface area contributed by atoms with Crippen molar-refractivity contribution in [2.75, 3.05) is 19.8 Å². The number of hydrogen-bond donors (Lipinski definition) is 2. The first-order valence-corrected chi connectivity index (χ1v) is 3.94. The molecule has 0 spiro atoms. The van der Waals surface area contributed by atoms with Gasteiger partial charge in [0.1, 0.15) is 0 Å². The smallest absolute Gasteiger partial charge is 0.0494 e. The Labute approximate surface area is 61.9 Å². The van der Waals surface area contributed by atoms with Crippen molar-refractivity contribution in [2.45, 2.75) is 19.3 Å². The molecule has 60 valence electrons. The molecule has 0 saturated carbocycles. The summed E-state index contributed by atoms with van der Waals surface area (Å²) in [6.07, 6.45) is 3.67. The molecule has 1 saturated heterocycles. The third-order valence-corrected chi connectivity index (χ3v) is 1.95. The van der Waals surface area contributed by atoms with Gasteiger partial charge in [-0.25, -0.2) is 0 Å². The predicted octanol–water partition coefficient (Wildman–Crippen LogP) is 0.266. The highest BCUT2D eigenvalue weighted by molar-refractivity contribution is 4.63. The summed E-state index contributed by atoms with van der Waals surface area (Å²) in [4.78, 5) is 0. The molecule has 0 aliphatic carbocycles. The molecule has 1 aliphatic heterocycles. The number of hydrazine groups is 1. The topological polar surface area (TPSA) is 47.3 Å². The van der Waals surface area contributed by atoms with E-state index >= 15 is 0 Å². The van der Waals surface area contributed by atoms with E-state index < -0.39 is 0 Å². The molecule has 1 fully saturated rings. The first-order chi connectivity index (χ1) is 4.93. The maximum atomic E-state index is 5.31. The van der Waals surface area contributed by atoms with Crippen LogP contribution in [0, 0.1) is 5.92 Å². The van der Waals surface area contributed by atoms with E-state index in [1.54, 1.807) is 0 Å². The number of ether oxygens (including phenoxy) is 1. The van der Waals surface area contributed by atoms with Gasteiger partial charge in [-0.1, -0.05) is 0 Å². The fourth-order valence-electron chi connectivity index (χ4n) is 1.32. The molecule has 3 N–H and O–H groups in total. The monoisotopic (exact) mass is 144 g/mol. The van der Waals surface area contributed by atoms with Gasteiger partial charge in [0.2, 0.25) is 0 Å². The van der Waals surface area contributed by atoms with E-state index in [1.807, 2.05) is 0 Å². The Morgan fingerprint density at radius 2 is 2.50 bits per heavy atom. The lowest BCUT2D eigenvalue weighted by atomic mass is 9.99. The zero-order valence-corrected chi connectivity index (χ0v) is 6.31. The predicted molar refractivity (Wildman–Crippen MR) is 40.4 cm³/mol. The molecule has 0 aromatic heterocycles. The minimum Gasteiger partial charge on any atom is -0.381 e. The SMILES string of the molecule is NNCCC1CCCOC1. The fourth-order valence-corrected chi connectivity index (χ4v) is 1.32. The zero-order chi connectivity index (χ0) is 7.23. The molecule has 1 atom stereocenters. The van der Waals surface area contributed by atoms with Gasteiger partial charge in [0, 0.05) is 19.8 Å². The summed E-state index contributed by atoms with van der Waals surface area (Å²) in [5.74, 6) is 5.90. The molecule has 1 rings (SSSR count). The van der Waals surface area contributed by atoms with E-state index in [2.05, 4.69) is 5.43 Å². The Kier molecular flexibility index (Phi) is 3.72. The van der Waals surface area contributed by atoms with Gasteiger partial charge in [0.05, 0.1) is 0 Å². The molecule has 1 heterocycles. The fraction of sp³-hybridized carbons (Fsp3) is 1.00. The normalized spacial score (nSPS) is 26.7. The van der Waals surface area contributed by atoms with Crippen molar-refractivity contribution in [1.82, 2.24) is 5.43 Å². The van der Waals surface area contributed by atoms with E-state index in [9.17, 15) is 0 Å². The van der Waals surface area contributed by atoms with Gasteiger partial charge in [-0.2, -0.15) is 0 Å². The average Bonchev–Trinajstić information content (AvgIpc) is 2.03. The second-order valence-electron chi connectivity index (χ2n) is 2.83. The number of nitrogens with one attached hydrogen (secondary N) is 1. The quantitative estimate of drug-likeness (QED) is 0.441. The van der Waals surface area contributed by atoms with Gasteiger partial charge in [-0.05, 0) is 25.2 Å². The van der Waals surface area contributed by atoms with Crippen molar-refractivity contribution in [2.24, 2.45) is 11.8 Å². The Balaban J connectivity index is 2.02.